The topological polar surface area (TPSA) is 107 Å². The lowest BCUT2D eigenvalue weighted by Crippen LogP contribution is -2.43. The maximum Gasteiger partial charge on any atom is 0.342 e. The Hall–Kier alpha value is -1.97. The molecule has 122 valence electrons. The molecule has 1 spiro atoms. The van der Waals surface area contributed by atoms with Gasteiger partial charge >= 0.3 is 23.9 Å². The Morgan fingerprint density at radius 3 is 1.95 bits per heavy atom. The Morgan fingerprint density at radius 2 is 1.55 bits per heavy atom. The summed E-state index contributed by atoms with van der Waals surface area (Å²) in [6, 6.07) is 0. The molecule has 2 heterocycles. The monoisotopic (exact) mass is 316 g/mol. The van der Waals surface area contributed by atoms with E-state index in [0.717, 1.165) is 14.2 Å². The highest BCUT2D eigenvalue weighted by atomic mass is 16.9. The highest BCUT2D eigenvalue weighted by Crippen LogP contribution is 2.50. The molecular formula is C13H16O9. The second-order valence-electron chi connectivity index (χ2n) is 4.53. The molecule has 0 aromatic heterocycles. The van der Waals surface area contributed by atoms with Gasteiger partial charge in [0.2, 0.25) is 0 Å². The van der Waals surface area contributed by atoms with Crippen molar-refractivity contribution in [2.45, 2.75) is 24.6 Å². The molecule has 9 heteroatoms. The number of methoxy groups -OCH3 is 4. The molecule has 0 radical (unpaired) electrons. The molecular weight excluding hydrogens is 300 g/mol. The van der Waals surface area contributed by atoms with Crippen LogP contribution in [-0.2, 0) is 42.8 Å². The molecule has 22 heavy (non-hydrogen) atoms. The Balaban J connectivity index is 2.70. The van der Waals surface area contributed by atoms with Gasteiger partial charge in [0.1, 0.15) is 11.1 Å². The van der Waals surface area contributed by atoms with Gasteiger partial charge in [-0.3, -0.25) is 9.53 Å². The van der Waals surface area contributed by atoms with Crippen LogP contribution in [0.25, 0.3) is 0 Å². The maximum atomic E-state index is 12.2. The first-order valence-corrected chi connectivity index (χ1v) is 6.34. The second-order valence-corrected chi connectivity index (χ2v) is 4.53. The van der Waals surface area contributed by atoms with E-state index < -0.39 is 29.7 Å². The average molecular weight is 316 g/mol. The number of hydrogen-bond donors (Lipinski definition) is 0. The summed E-state index contributed by atoms with van der Waals surface area (Å²) in [4.78, 5) is 35.8. The van der Waals surface area contributed by atoms with Crippen molar-refractivity contribution >= 4 is 17.9 Å². The van der Waals surface area contributed by atoms with E-state index in [1.54, 1.807) is 0 Å². The molecule has 0 bridgehead atoms. The van der Waals surface area contributed by atoms with Crippen molar-refractivity contribution < 1.29 is 42.8 Å². The summed E-state index contributed by atoms with van der Waals surface area (Å²) in [5.41, 5.74) is -0.669. The third-order valence-electron chi connectivity index (χ3n) is 3.49. The molecule has 0 N–H and O–H groups in total. The molecule has 2 aliphatic rings. The zero-order valence-electron chi connectivity index (χ0n) is 12.6. The van der Waals surface area contributed by atoms with Gasteiger partial charge in [0.05, 0.1) is 20.6 Å². The van der Waals surface area contributed by atoms with Crippen LogP contribution in [0.4, 0.5) is 0 Å². The summed E-state index contributed by atoms with van der Waals surface area (Å²) in [7, 11) is 4.65. The number of carbonyl (C=O) groups is 3. The molecule has 0 aromatic carbocycles. The zero-order chi connectivity index (χ0) is 16.5. The van der Waals surface area contributed by atoms with Crippen LogP contribution in [0.1, 0.15) is 12.8 Å². The van der Waals surface area contributed by atoms with E-state index >= 15 is 0 Å². The Bertz CT molecular complexity index is 546. The minimum Gasteiger partial charge on any atom is -0.465 e. The van der Waals surface area contributed by atoms with E-state index in [2.05, 4.69) is 9.47 Å². The van der Waals surface area contributed by atoms with Gasteiger partial charge in [-0.2, -0.15) is 0 Å². The van der Waals surface area contributed by atoms with E-state index in [-0.39, 0.29) is 24.0 Å². The van der Waals surface area contributed by atoms with Gasteiger partial charge in [-0.25, -0.2) is 9.59 Å². The summed E-state index contributed by atoms with van der Waals surface area (Å²) in [5.74, 6) is -6.27. The number of carbonyl (C=O) groups excluding carboxylic acids is 3. The molecule has 0 aliphatic carbocycles. The van der Waals surface area contributed by atoms with Crippen LogP contribution in [0.5, 0.6) is 0 Å². The lowest BCUT2D eigenvalue weighted by molar-refractivity contribution is -0.381. The van der Waals surface area contributed by atoms with Gasteiger partial charge in [-0.15, -0.1) is 0 Å². The van der Waals surface area contributed by atoms with Crippen molar-refractivity contribution in [1.82, 2.24) is 0 Å². The predicted octanol–water partition coefficient (Wildman–Crippen LogP) is -0.361. The van der Waals surface area contributed by atoms with Crippen molar-refractivity contribution in [3.63, 3.8) is 0 Å². The molecule has 0 aromatic rings. The average Bonchev–Trinajstić information content (AvgIpc) is 3.04. The van der Waals surface area contributed by atoms with Gasteiger partial charge < -0.3 is 23.7 Å². The first-order chi connectivity index (χ1) is 10.4. The molecule has 1 saturated heterocycles. The molecule has 9 nitrogen and oxygen atoms in total. The highest BCUT2D eigenvalue weighted by molar-refractivity contribution is 6.04. The fourth-order valence-corrected chi connectivity index (χ4v) is 2.52. The van der Waals surface area contributed by atoms with Gasteiger partial charge in [-0.05, 0) is 0 Å². The second kappa shape index (κ2) is 5.67. The maximum absolute atomic E-state index is 12.2. The minimum atomic E-state index is -2.04. The van der Waals surface area contributed by atoms with Crippen molar-refractivity contribution in [1.29, 1.82) is 0 Å². The van der Waals surface area contributed by atoms with Crippen molar-refractivity contribution in [2.75, 3.05) is 28.4 Å². The molecule has 0 amide bonds. The molecule has 0 saturated carbocycles. The largest absolute Gasteiger partial charge is 0.465 e. The lowest BCUT2D eigenvalue weighted by atomic mass is 9.99. The predicted molar refractivity (Wildman–Crippen MR) is 66.9 cm³/mol. The van der Waals surface area contributed by atoms with E-state index in [0.29, 0.717) is 0 Å². The van der Waals surface area contributed by atoms with Crippen LogP contribution in [0.3, 0.4) is 0 Å². The lowest BCUT2D eigenvalue weighted by Gasteiger charge is -2.30. The van der Waals surface area contributed by atoms with Crippen molar-refractivity contribution in [3.8, 4) is 0 Å². The highest BCUT2D eigenvalue weighted by Gasteiger charge is 2.66. The molecule has 2 aliphatic heterocycles. The van der Waals surface area contributed by atoms with Crippen molar-refractivity contribution in [3.05, 3.63) is 11.1 Å². The van der Waals surface area contributed by atoms with Gasteiger partial charge in [0.15, 0.2) is 0 Å². The Labute approximate surface area is 126 Å². The first kappa shape index (κ1) is 16.4. The number of rotatable bonds is 4. The van der Waals surface area contributed by atoms with Crippen LogP contribution in [0, 0.1) is 0 Å². The third-order valence-corrected chi connectivity index (χ3v) is 3.49. The Kier molecular flexibility index (Phi) is 4.23. The summed E-state index contributed by atoms with van der Waals surface area (Å²) >= 11 is 0. The molecule has 2 rings (SSSR count). The van der Waals surface area contributed by atoms with Crippen LogP contribution in [0.15, 0.2) is 11.1 Å². The number of ether oxygens (including phenoxy) is 6. The van der Waals surface area contributed by atoms with Crippen LogP contribution in [-0.4, -0.2) is 58.1 Å². The van der Waals surface area contributed by atoms with Crippen molar-refractivity contribution in [2.24, 2.45) is 0 Å². The SMILES string of the molecule is COC(=O)C1=C(C(=O)OC)[C@]2(CCC(=O)O2)OC1(OC)OC. The first-order valence-electron chi connectivity index (χ1n) is 6.34. The van der Waals surface area contributed by atoms with Crippen LogP contribution < -0.4 is 0 Å². The fourth-order valence-electron chi connectivity index (χ4n) is 2.52. The van der Waals surface area contributed by atoms with E-state index in [4.69, 9.17) is 18.9 Å². The third kappa shape index (κ3) is 2.18. The van der Waals surface area contributed by atoms with E-state index in [1.807, 2.05) is 0 Å². The minimum absolute atomic E-state index is 0.00153. The number of esters is 3. The summed E-state index contributed by atoms with van der Waals surface area (Å²) in [6.45, 7) is 0. The number of hydrogen-bond acceptors (Lipinski definition) is 9. The fraction of sp³-hybridized carbons (Fsp3) is 0.615. The van der Waals surface area contributed by atoms with Crippen LogP contribution >= 0.6 is 0 Å². The summed E-state index contributed by atoms with van der Waals surface area (Å²) < 4.78 is 30.3. The smallest absolute Gasteiger partial charge is 0.342 e. The molecule has 1 fully saturated rings. The normalized spacial score (nSPS) is 26.3. The standard InChI is InChI=1S/C13H16O9/c1-17-10(15)8-9(11(16)18-2)13(19-3,20-4)22-12(8)6-5-7(14)21-12/h5-6H2,1-4H3/t12-/m0/s1. The quantitative estimate of drug-likeness (QED) is 0.390. The van der Waals surface area contributed by atoms with E-state index in [9.17, 15) is 14.4 Å². The van der Waals surface area contributed by atoms with E-state index in [1.165, 1.54) is 14.2 Å². The van der Waals surface area contributed by atoms with Gasteiger partial charge in [0.25, 0.3) is 5.79 Å². The van der Waals surface area contributed by atoms with Gasteiger partial charge in [-0.1, -0.05) is 0 Å². The van der Waals surface area contributed by atoms with Gasteiger partial charge in [0, 0.05) is 20.6 Å². The summed E-state index contributed by atoms with van der Waals surface area (Å²) in [6.07, 6.45) is 0.00366. The Morgan fingerprint density at radius 1 is 1.00 bits per heavy atom. The molecule has 0 unspecified atom stereocenters. The molecule has 1 atom stereocenters. The van der Waals surface area contributed by atoms with Crippen LogP contribution in [0.2, 0.25) is 0 Å². The summed E-state index contributed by atoms with van der Waals surface area (Å²) in [5, 5.41) is 0. The zero-order valence-corrected chi connectivity index (χ0v) is 12.6.